The van der Waals surface area contributed by atoms with Gasteiger partial charge in [-0.3, -0.25) is 5.32 Å². The lowest BCUT2D eigenvalue weighted by Crippen LogP contribution is -2.39. The maximum atomic E-state index is 11.5. The van der Waals surface area contributed by atoms with Crippen molar-refractivity contribution in [2.24, 2.45) is 0 Å². The first-order valence-electron chi connectivity index (χ1n) is 8.15. The van der Waals surface area contributed by atoms with Gasteiger partial charge in [0, 0.05) is 6.04 Å². The highest BCUT2D eigenvalue weighted by Gasteiger charge is 2.14. The van der Waals surface area contributed by atoms with E-state index in [-0.39, 0.29) is 30.8 Å². The molecule has 0 aliphatic heterocycles. The van der Waals surface area contributed by atoms with Gasteiger partial charge in [-0.15, -0.1) is 10.1 Å². The lowest BCUT2D eigenvalue weighted by molar-refractivity contribution is -0.757. The molecule has 0 radical (unpaired) electrons. The Morgan fingerprint density at radius 1 is 1.23 bits per heavy atom. The maximum Gasteiger partial charge on any atom is 0.509 e. The predicted octanol–water partition coefficient (Wildman–Crippen LogP) is 2.11. The highest BCUT2D eigenvalue weighted by Crippen LogP contribution is 2.25. The summed E-state index contributed by atoms with van der Waals surface area (Å²) in [6, 6.07) is 4.50. The standard InChI is InChI=1S/C16H24N2O8/c1-11(9-13-5-6-14(19)15(20)10-13)17-12(2)26-16(21)24-7-3-4-8-25-18(22)23/h5-6,10-12,17,19-20H,3-4,7-9H2,1-2H3. The summed E-state index contributed by atoms with van der Waals surface area (Å²) in [5, 5.41) is 30.9. The largest absolute Gasteiger partial charge is 0.509 e. The minimum atomic E-state index is -0.872. The Balaban J connectivity index is 2.21. The summed E-state index contributed by atoms with van der Waals surface area (Å²) in [7, 11) is 0. The van der Waals surface area contributed by atoms with E-state index in [1.54, 1.807) is 13.0 Å². The van der Waals surface area contributed by atoms with E-state index in [1.165, 1.54) is 12.1 Å². The van der Waals surface area contributed by atoms with Gasteiger partial charge in [0.1, 0.15) is 0 Å². The molecule has 0 bridgehead atoms. The van der Waals surface area contributed by atoms with E-state index < -0.39 is 17.5 Å². The smallest absolute Gasteiger partial charge is 0.504 e. The van der Waals surface area contributed by atoms with Gasteiger partial charge in [0.05, 0.1) is 13.2 Å². The van der Waals surface area contributed by atoms with Gasteiger partial charge in [0.2, 0.25) is 0 Å². The lowest BCUT2D eigenvalue weighted by atomic mass is 10.1. The van der Waals surface area contributed by atoms with Crippen molar-refractivity contribution in [3.05, 3.63) is 33.9 Å². The number of rotatable bonds is 11. The topological polar surface area (TPSA) is 140 Å². The van der Waals surface area contributed by atoms with Crippen LogP contribution < -0.4 is 5.32 Å². The summed E-state index contributed by atoms with van der Waals surface area (Å²) >= 11 is 0. The van der Waals surface area contributed by atoms with Crippen LogP contribution in [0.25, 0.3) is 0 Å². The highest BCUT2D eigenvalue weighted by molar-refractivity contribution is 5.59. The summed E-state index contributed by atoms with van der Waals surface area (Å²) in [6.45, 7) is 3.56. The van der Waals surface area contributed by atoms with Gasteiger partial charge in [-0.05, 0) is 50.8 Å². The van der Waals surface area contributed by atoms with Crippen LogP contribution in [-0.2, 0) is 20.7 Å². The number of phenols is 2. The van der Waals surface area contributed by atoms with Crippen molar-refractivity contribution in [3.8, 4) is 11.5 Å². The molecule has 146 valence electrons. The SMILES string of the molecule is CC(Cc1ccc(O)c(O)c1)NC(C)OC(=O)OCCCCO[N+](=O)[O-]. The summed E-state index contributed by atoms with van der Waals surface area (Å²) in [6.07, 6.45) is -0.0763. The molecule has 0 aromatic heterocycles. The number of hydrogen-bond donors (Lipinski definition) is 3. The van der Waals surface area contributed by atoms with Crippen LogP contribution in [0.15, 0.2) is 18.2 Å². The summed E-state index contributed by atoms with van der Waals surface area (Å²) in [5.41, 5.74) is 0.812. The van der Waals surface area contributed by atoms with Crippen molar-refractivity contribution in [1.29, 1.82) is 0 Å². The van der Waals surface area contributed by atoms with Gasteiger partial charge < -0.3 is 24.5 Å². The number of nitrogens with zero attached hydrogens (tertiary/aromatic N) is 1. The molecule has 0 spiro atoms. The number of ether oxygens (including phenoxy) is 2. The van der Waals surface area contributed by atoms with Gasteiger partial charge in [0.15, 0.2) is 17.7 Å². The predicted molar refractivity (Wildman–Crippen MR) is 90.1 cm³/mol. The molecule has 0 saturated carbocycles. The molecule has 1 aromatic rings. The average molecular weight is 372 g/mol. The van der Waals surface area contributed by atoms with E-state index in [0.29, 0.717) is 19.3 Å². The second-order valence-electron chi connectivity index (χ2n) is 5.72. The van der Waals surface area contributed by atoms with E-state index >= 15 is 0 Å². The van der Waals surface area contributed by atoms with E-state index in [0.717, 1.165) is 5.56 Å². The van der Waals surface area contributed by atoms with Crippen molar-refractivity contribution in [3.63, 3.8) is 0 Å². The Kier molecular flexibility index (Phi) is 8.99. The van der Waals surface area contributed by atoms with Crippen LogP contribution in [0.3, 0.4) is 0 Å². The minimum absolute atomic E-state index is 0.0479. The van der Waals surface area contributed by atoms with Gasteiger partial charge in [-0.2, -0.15) is 0 Å². The van der Waals surface area contributed by atoms with E-state index in [1.807, 2.05) is 6.92 Å². The number of unbranched alkanes of at least 4 members (excludes halogenated alkanes) is 1. The van der Waals surface area contributed by atoms with Crippen molar-refractivity contribution < 1.29 is 34.4 Å². The van der Waals surface area contributed by atoms with Crippen molar-refractivity contribution >= 4 is 6.16 Å². The van der Waals surface area contributed by atoms with Crippen LogP contribution in [0.1, 0.15) is 32.3 Å². The van der Waals surface area contributed by atoms with Crippen LogP contribution in [0.5, 0.6) is 11.5 Å². The normalized spacial score (nSPS) is 12.8. The molecule has 1 aromatic carbocycles. The van der Waals surface area contributed by atoms with Crippen molar-refractivity contribution in [2.45, 2.75) is 45.4 Å². The third-order valence-corrected chi connectivity index (χ3v) is 3.33. The Morgan fingerprint density at radius 3 is 2.58 bits per heavy atom. The fraction of sp³-hybridized carbons (Fsp3) is 0.562. The molecule has 0 saturated heterocycles. The van der Waals surface area contributed by atoms with E-state index in [2.05, 4.69) is 10.2 Å². The zero-order valence-corrected chi connectivity index (χ0v) is 14.7. The molecule has 10 heteroatoms. The first kappa shape index (κ1) is 21.3. The first-order valence-corrected chi connectivity index (χ1v) is 8.15. The number of carbonyl (C=O) groups excluding carboxylic acids is 1. The minimum Gasteiger partial charge on any atom is -0.504 e. The molecule has 0 fully saturated rings. The fourth-order valence-corrected chi connectivity index (χ4v) is 2.22. The second-order valence-corrected chi connectivity index (χ2v) is 5.72. The third kappa shape index (κ3) is 8.92. The Morgan fingerprint density at radius 2 is 1.92 bits per heavy atom. The second kappa shape index (κ2) is 11.0. The Bertz CT molecular complexity index is 596. The molecule has 0 aliphatic carbocycles. The zero-order chi connectivity index (χ0) is 19.5. The summed E-state index contributed by atoms with van der Waals surface area (Å²) in [5.74, 6) is -0.370. The van der Waals surface area contributed by atoms with Crippen LogP contribution in [0, 0.1) is 10.1 Å². The molecule has 2 atom stereocenters. The Labute approximate surface area is 150 Å². The summed E-state index contributed by atoms with van der Waals surface area (Å²) < 4.78 is 9.91. The molecule has 3 N–H and O–H groups in total. The van der Waals surface area contributed by atoms with Gasteiger partial charge in [0.25, 0.3) is 5.09 Å². The maximum absolute atomic E-state index is 11.5. The van der Waals surface area contributed by atoms with Crippen molar-refractivity contribution in [1.82, 2.24) is 5.32 Å². The molecule has 0 aliphatic rings. The lowest BCUT2D eigenvalue weighted by Gasteiger charge is -2.20. The van der Waals surface area contributed by atoms with Crippen LogP contribution in [0.4, 0.5) is 4.79 Å². The molecule has 0 amide bonds. The molecule has 1 rings (SSSR count). The van der Waals surface area contributed by atoms with Crippen molar-refractivity contribution in [2.75, 3.05) is 13.2 Å². The van der Waals surface area contributed by atoms with Crippen LogP contribution in [-0.4, -0.2) is 46.9 Å². The van der Waals surface area contributed by atoms with E-state index in [4.69, 9.17) is 9.47 Å². The van der Waals surface area contributed by atoms with Gasteiger partial charge >= 0.3 is 6.16 Å². The van der Waals surface area contributed by atoms with Crippen LogP contribution >= 0.6 is 0 Å². The zero-order valence-electron chi connectivity index (χ0n) is 14.7. The average Bonchev–Trinajstić information content (AvgIpc) is 2.53. The van der Waals surface area contributed by atoms with Gasteiger partial charge in [-0.1, -0.05) is 6.07 Å². The number of benzene rings is 1. The molecular weight excluding hydrogens is 348 g/mol. The fourth-order valence-electron chi connectivity index (χ4n) is 2.22. The van der Waals surface area contributed by atoms with E-state index in [9.17, 15) is 25.1 Å². The number of nitrogens with one attached hydrogen (secondary N) is 1. The molecule has 10 nitrogen and oxygen atoms in total. The molecular formula is C16H24N2O8. The summed E-state index contributed by atoms with van der Waals surface area (Å²) in [4.78, 5) is 25.6. The molecule has 2 unspecified atom stereocenters. The highest BCUT2D eigenvalue weighted by atomic mass is 16.9. The number of carbonyl (C=O) groups is 1. The Hall–Kier alpha value is -2.75. The number of aromatic hydroxyl groups is 2. The first-order chi connectivity index (χ1) is 12.3. The van der Waals surface area contributed by atoms with Gasteiger partial charge in [-0.25, -0.2) is 4.79 Å². The van der Waals surface area contributed by atoms with Crippen LogP contribution in [0.2, 0.25) is 0 Å². The molecule has 26 heavy (non-hydrogen) atoms. The monoisotopic (exact) mass is 372 g/mol. The third-order valence-electron chi connectivity index (χ3n) is 3.33. The molecule has 0 heterocycles. The quantitative estimate of drug-likeness (QED) is 0.133. The number of phenolic OH excluding ortho intramolecular Hbond substituents is 2. The number of hydrogen-bond acceptors (Lipinski definition) is 9.